The van der Waals surface area contributed by atoms with Crippen LogP contribution in [0.15, 0.2) is 34.0 Å². The molecule has 1 aromatic heterocycles. The monoisotopic (exact) mass is 352 g/mol. The lowest BCUT2D eigenvalue weighted by atomic mass is 10.2. The van der Waals surface area contributed by atoms with Crippen LogP contribution in [-0.2, 0) is 7.05 Å². The average molecular weight is 353 g/mol. The normalized spacial score (nSPS) is 10.8. The highest BCUT2D eigenvalue weighted by Crippen LogP contribution is 2.25. The van der Waals surface area contributed by atoms with Gasteiger partial charge in [0.2, 0.25) is 0 Å². The molecular weight excluding hydrogens is 340 g/mol. The molecule has 0 atom stereocenters. The molecule has 2 aromatic rings. The minimum Gasteiger partial charge on any atom is -0.504 e. The number of carbonyl (C=O) groups is 1. The highest BCUT2D eigenvalue weighted by molar-refractivity contribution is 9.10. The maximum atomic E-state index is 11.9. The summed E-state index contributed by atoms with van der Waals surface area (Å²) in [5.74, 6) is -0.0571. The second kappa shape index (κ2) is 6.40. The number of carbonyl (C=O) groups excluding carboxylic acids is 1. The van der Waals surface area contributed by atoms with Gasteiger partial charge in [-0.3, -0.25) is 9.48 Å². The average Bonchev–Trinajstić information content (AvgIpc) is 2.79. The van der Waals surface area contributed by atoms with Gasteiger partial charge < -0.3 is 9.84 Å². The van der Waals surface area contributed by atoms with Gasteiger partial charge in [0.1, 0.15) is 0 Å². The molecule has 1 aromatic carbocycles. The first kappa shape index (κ1) is 15.0. The fourth-order valence-electron chi connectivity index (χ4n) is 1.61. The highest BCUT2D eigenvalue weighted by Gasteiger charge is 2.13. The molecule has 0 aliphatic carbocycles. The number of nitrogens with one attached hydrogen (secondary N) is 1. The summed E-state index contributed by atoms with van der Waals surface area (Å²) in [5.41, 5.74) is 3.29. The Kier molecular flexibility index (Phi) is 4.59. The molecule has 0 radical (unpaired) electrons. The Morgan fingerprint density at radius 1 is 1.57 bits per heavy atom. The summed E-state index contributed by atoms with van der Waals surface area (Å²) in [6.07, 6.45) is 3.11. The van der Waals surface area contributed by atoms with Crippen molar-refractivity contribution in [2.75, 3.05) is 7.11 Å². The molecule has 0 bridgehead atoms. The van der Waals surface area contributed by atoms with Crippen LogP contribution in [0.1, 0.15) is 16.1 Å². The van der Waals surface area contributed by atoms with Crippen molar-refractivity contribution in [1.29, 1.82) is 0 Å². The van der Waals surface area contributed by atoms with Crippen molar-refractivity contribution in [2.24, 2.45) is 12.1 Å². The zero-order valence-corrected chi connectivity index (χ0v) is 13.0. The number of aromatic hydroxyl groups is 1. The van der Waals surface area contributed by atoms with Crippen LogP contribution in [0, 0.1) is 0 Å². The summed E-state index contributed by atoms with van der Waals surface area (Å²) in [6.45, 7) is 0. The molecule has 0 fully saturated rings. The lowest BCUT2D eigenvalue weighted by Gasteiger charge is -2.03. The maximum absolute atomic E-state index is 11.9. The van der Waals surface area contributed by atoms with Gasteiger partial charge in [-0.25, -0.2) is 5.43 Å². The predicted octanol–water partition coefficient (Wildman–Crippen LogP) is 1.66. The number of nitrogens with zero attached hydrogens (tertiary/aromatic N) is 3. The molecule has 0 saturated heterocycles. The molecule has 0 unspecified atom stereocenters. The predicted molar refractivity (Wildman–Crippen MR) is 80.6 cm³/mol. The Bertz CT molecular complexity index is 697. The van der Waals surface area contributed by atoms with Gasteiger partial charge in [-0.05, 0) is 39.7 Å². The van der Waals surface area contributed by atoms with Gasteiger partial charge in [-0.2, -0.15) is 10.2 Å². The summed E-state index contributed by atoms with van der Waals surface area (Å²) in [4.78, 5) is 11.9. The third-order valence-corrected chi connectivity index (χ3v) is 3.16. The summed E-state index contributed by atoms with van der Waals surface area (Å²) in [6, 6.07) is 4.73. The maximum Gasteiger partial charge on any atom is 0.293 e. The number of hydrogen-bond acceptors (Lipinski definition) is 5. The van der Waals surface area contributed by atoms with E-state index in [4.69, 9.17) is 4.74 Å². The van der Waals surface area contributed by atoms with Crippen molar-refractivity contribution in [3.63, 3.8) is 0 Å². The number of amides is 1. The molecule has 0 aliphatic heterocycles. The van der Waals surface area contributed by atoms with E-state index in [2.05, 4.69) is 31.6 Å². The van der Waals surface area contributed by atoms with Crippen LogP contribution in [0.3, 0.4) is 0 Å². The lowest BCUT2D eigenvalue weighted by molar-refractivity contribution is 0.0948. The quantitative estimate of drug-likeness (QED) is 0.646. The second-order valence-electron chi connectivity index (χ2n) is 4.13. The van der Waals surface area contributed by atoms with E-state index >= 15 is 0 Å². The fourth-order valence-corrected chi connectivity index (χ4v) is 2.16. The van der Waals surface area contributed by atoms with Crippen molar-refractivity contribution in [3.8, 4) is 11.5 Å². The van der Waals surface area contributed by atoms with E-state index in [0.717, 1.165) is 0 Å². The number of phenols is 1. The lowest BCUT2D eigenvalue weighted by Crippen LogP contribution is -2.18. The number of rotatable bonds is 4. The van der Waals surface area contributed by atoms with E-state index in [1.165, 1.54) is 24.1 Å². The molecule has 7 nitrogen and oxygen atoms in total. The van der Waals surface area contributed by atoms with E-state index in [1.807, 2.05) is 0 Å². The third kappa shape index (κ3) is 3.60. The molecule has 0 saturated carbocycles. The minimum atomic E-state index is -0.426. The number of hydrogen-bond donors (Lipinski definition) is 2. The molecule has 110 valence electrons. The SMILES string of the molecule is COc1cc(/C=N\NC(=O)c2nn(C)cc2Br)ccc1O. The van der Waals surface area contributed by atoms with Crippen LogP contribution in [0.2, 0.25) is 0 Å². The second-order valence-corrected chi connectivity index (χ2v) is 4.98. The number of aromatic nitrogens is 2. The van der Waals surface area contributed by atoms with Gasteiger partial charge in [0.05, 0.1) is 17.8 Å². The largest absolute Gasteiger partial charge is 0.504 e. The Balaban J connectivity index is 2.05. The third-order valence-electron chi connectivity index (χ3n) is 2.58. The van der Waals surface area contributed by atoms with Gasteiger partial charge in [0.25, 0.3) is 5.91 Å². The number of halogens is 1. The zero-order valence-electron chi connectivity index (χ0n) is 11.4. The smallest absolute Gasteiger partial charge is 0.293 e. The van der Waals surface area contributed by atoms with Gasteiger partial charge in [0, 0.05) is 13.2 Å². The molecule has 2 N–H and O–H groups in total. The van der Waals surface area contributed by atoms with Crippen LogP contribution in [0.25, 0.3) is 0 Å². The Morgan fingerprint density at radius 3 is 2.95 bits per heavy atom. The van der Waals surface area contributed by atoms with Crippen LogP contribution in [0.4, 0.5) is 0 Å². The van der Waals surface area contributed by atoms with Gasteiger partial charge >= 0.3 is 0 Å². The minimum absolute atomic E-state index is 0.0381. The molecule has 0 aliphatic rings. The van der Waals surface area contributed by atoms with Crippen molar-refractivity contribution < 1.29 is 14.6 Å². The number of benzene rings is 1. The Morgan fingerprint density at radius 2 is 2.33 bits per heavy atom. The molecule has 0 spiro atoms. The molecule has 8 heteroatoms. The van der Waals surface area contributed by atoms with Crippen LogP contribution < -0.4 is 10.2 Å². The molecule has 21 heavy (non-hydrogen) atoms. The fraction of sp³-hybridized carbons (Fsp3) is 0.154. The van der Waals surface area contributed by atoms with E-state index < -0.39 is 5.91 Å². The topological polar surface area (TPSA) is 88.7 Å². The van der Waals surface area contributed by atoms with E-state index in [9.17, 15) is 9.90 Å². The Hall–Kier alpha value is -2.35. The number of hydrazone groups is 1. The van der Waals surface area contributed by atoms with Crippen LogP contribution in [-0.4, -0.2) is 34.1 Å². The first-order valence-corrected chi connectivity index (χ1v) is 6.70. The number of ether oxygens (including phenoxy) is 1. The summed E-state index contributed by atoms with van der Waals surface area (Å²) in [7, 11) is 3.17. The standard InChI is InChI=1S/C13H13BrN4O3/c1-18-7-9(14)12(17-18)13(20)16-15-6-8-3-4-10(19)11(5-8)21-2/h3-7,19H,1-2H3,(H,16,20)/b15-6-. The Labute approximate surface area is 129 Å². The van der Waals surface area contributed by atoms with Crippen molar-refractivity contribution >= 4 is 28.1 Å². The highest BCUT2D eigenvalue weighted by atomic mass is 79.9. The zero-order chi connectivity index (χ0) is 15.4. The van der Waals surface area contributed by atoms with Crippen LogP contribution >= 0.6 is 15.9 Å². The van der Waals surface area contributed by atoms with Gasteiger partial charge in [0.15, 0.2) is 17.2 Å². The number of methoxy groups -OCH3 is 1. The number of aryl methyl sites for hydroxylation is 1. The summed E-state index contributed by atoms with van der Waals surface area (Å²) < 4.78 is 7.09. The summed E-state index contributed by atoms with van der Waals surface area (Å²) in [5, 5.41) is 17.3. The van der Waals surface area contributed by atoms with E-state index in [0.29, 0.717) is 15.8 Å². The first-order chi connectivity index (χ1) is 10.0. The molecular formula is C13H13BrN4O3. The molecule has 1 heterocycles. The van der Waals surface area contributed by atoms with Crippen LogP contribution in [0.5, 0.6) is 11.5 Å². The van der Waals surface area contributed by atoms with Gasteiger partial charge in [-0.1, -0.05) is 0 Å². The molecule has 2 rings (SSSR count). The van der Waals surface area contributed by atoms with E-state index in [1.54, 1.807) is 25.4 Å². The van der Waals surface area contributed by atoms with Crippen molar-refractivity contribution in [3.05, 3.63) is 40.1 Å². The summed E-state index contributed by atoms with van der Waals surface area (Å²) >= 11 is 3.24. The molecule has 1 amide bonds. The first-order valence-electron chi connectivity index (χ1n) is 5.91. The van der Waals surface area contributed by atoms with Crippen molar-refractivity contribution in [1.82, 2.24) is 15.2 Å². The van der Waals surface area contributed by atoms with E-state index in [-0.39, 0.29) is 11.4 Å². The van der Waals surface area contributed by atoms with Crippen molar-refractivity contribution in [2.45, 2.75) is 0 Å². The van der Waals surface area contributed by atoms with Gasteiger partial charge in [-0.15, -0.1) is 0 Å². The number of phenolic OH excluding ortho intramolecular Hbond substituents is 1.